The van der Waals surface area contributed by atoms with E-state index in [0.717, 1.165) is 31.7 Å². The Morgan fingerprint density at radius 3 is 3.00 bits per heavy atom. The van der Waals surface area contributed by atoms with Gasteiger partial charge in [0.05, 0.1) is 18.6 Å². The summed E-state index contributed by atoms with van der Waals surface area (Å²) in [6.07, 6.45) is 2.43. The number of nitrogens with zero attached hydrogens (tertiary/aromatic N) is 3. The second-order valence-corrected chi connectivity index (χ2v) is 4.57. The van der Waals surface area contributed by atoms with Crippen molar-refractivity contribution in [3.63, 3.8) is 0 Å². The quantitative estimate of drug-likeness (QED) is 0.838. The van der Waals surface area contributed by atoms with Gasteiger partial charge in [-0.25, -0.2) is 13.8 Å². The lowest BCUT2D eigenvalue weighted by atomic mass is 10.1. The average molecular weight is 244 g/mol. The van der Waals surface area contributed by atoms with Crippen LogP contribution >= 0.6 is 0 Å². The number of hydrogen-bond acceptors (Lipinski definition) is 3. The van der Waals surface area contributed by atoms with Crippen molar-refractivity contribution < 1.29 is 8.78 Å². The Morgan fingerprint density at radius 1 is 1.53 bits per heavy atom. The van der Waals surface area contributed by atoms with Crippen molar-refractivity contribution in [2.45, 2.75) is 25.9 Å². The Hall–Kier alpha value is -1.01. The molecule has 0 spiro atoms. The van der Waals surface area contributed by atoms with Crippen LogP contribution in [0.3, 0.4) is 0 Å². The minimum atomic E-state index is -2.23. The maximum atomic E-state index is 12.2. The Morgan fingerprint density at radius 2 is 2.35 bits per heavy atom. The summed E-state index contributed by atoms with van der Waals surface area (Å²) in [5.41, 5.74) is 6.35. The molecule has 0 radical (unpaired) electrons. The summed E-state index contributed by atoms with van der Waals surface area (Å²) in [5.74, 6) is 0.438. The van der Waals surface area contributed by atoms with Crippen LogP contribution < -0.4 is 5.73 Å². The zero-order valence-corrected chi connectivity index (χ0v) is 9.73. The molecule has 0 amide bonds. The molecule has 2 N–H and O–H groups in total. The molecule has 0 saturated carbocycles. The molecule has 0 aliphatic carbocycles. The summed E-state index contributed by atoms with van der Waals surface area (Å²) in [4.78, 5) is 5.98. The highest BCUT2D eigenvalue weighted by molar-refractivity contribution is 4.95. The molecule has 1 aliphatic heterocycles. The van der Waals surface area contributed by atoms with Crippen molar-refractivity contribution in [2.24, 2.45) is 11.7 Å². The minimum Gasteiger partial charge on any atom is -0.337 e. The maximum absolute atomic E-state index is 12.2. The molecule has 1 saturated heterocycles. The second-order valence-electron chi connectivity index (χ2n) is 4.57. The van der Waals surface area contributed by atoms with Gasteiger partial charge in [-0.1, -0.05) is 0 Å². The van der Waals surface area contributed by atoms with Gasteiger partial charge in [0.15, 0.2) is 0 Å². The Labute approximate surface area is 99.4 Å². The first kappa shape index (κ1) is 12.4. The highest BCUT2D eigenvalue weighted by Crippen LogP contribution is 2.19. The maximum Gasteiger partial charge on any atom is 0.251 e. The first-order valence-corrected chi connectivity index (χ1v) is 5.88. The normalized spacial score (nSPS) is 21.5. The molecule has 6 heteroatoms. The number of hydrogen-bond donors (Lipinski definition) is 1. The topological polar surface area (TPSA) is 47.1 Å². The largest absolute Gasteiger partial charge is 0.337 e. The second kappa shape index (κ2) is 5.55. The fourth-order valence-electron chi connectivity index (χ4n) is 2.33. The molecule has 2 rings (SSSR count). The van der Waals surface area contributed by atoms with Gasteiger partial charge in [-0.2, -0.15) is 0 Å². The summed E-state index contributed by atoms with van der Waals surface area (Å²) in [7, 11) is 0. The van der Waals surface area contributed by atoms with E-state index in [2.05, 4.69) is 4.98 Å². The summed E-state index contributed by atoms with van der Waals surface area (Å²) in [5, 5.41) is 0. The van der Waals surface area contributed by atoms with E-state index in [1.165, 1.54) is 0 Å². The van der Waals surface area contributed by atoms with Gasteiger partial charge >= 0.3 is 0 Å². The molecule has 0 aromatic carbocycles. The Balaban J connectivity index is 1.81. The molecule has 96 valence electrons. The van der Waals surface area contributed by atoms with Crippen LogP contribution in [0.5, 0.6) is 0 Å². The highest BCUT2D eigenvalue weighted by atomic mass is 19.3. The van der Waals surface area contributed by atoms with Crippen LogP contribution in [-0.4, -0.2) is 40.5 Å². The number of likely N-dealkylation sites (tertiary alicyclic amines) is 1. The van der Waals surface area contributed by atoms with E-state index < -0.39 is 6.43 Å². The number of rotatable bonds is 5. The molecule has 17 heavy (non-hydrogen) atoms. The highest BCUT2D eigenvalue weighted by Gasteiger charge is 2.24. The predicted octanol–water partition coefficient (Wildman–Crippen LogP) is 0.929. The molecular weight excluding hydrogens is 226 g/mol. The van der Waals surface area contributed by atoms with Crippen LogP contribution in [0.4, 0.5) is 8.78 Å². The van der Waals surface area contributed by atoms with Gasteiger partial charge in [0.1, 0.15) is 0 Å². The minimum absolute atomic E-state index is 0.103. The van der Waals surface area contributed by atoms with Gasteiger partial charge in [-0.15, -0.1) is 0 Å². The van der Waals surface area contributed by atoms with Crippen molar-refractivity contribution in [3.05, 3.63) is 18.2 Å². The lowest BCUT2D eigenvalue weighted by Gasteiger charge is -2.15. The molecule has 1 aromatic heterocycles. The third kappa shape index (κ3) is 3.47. The molecule has 1 aliphatic rings. The van der Waals surface area contributed by atoms with Gasteiger partial charge in [0.2, 0.25) is 0 Å². The fraction of sp³-hybridized carbons (Fsp3) is 0.727. The Kier molecular flexibility index (Phi) is 4.06. The molecule has 0 bridgehead atoms. The zero-order valence-electron chi connectivity index (χ0n) is 9.73. The van der Waals surface area contributed by atoms with E-state index in [0.29, 0.717) is 12.5 Å². The number of aromatic nitrogens is 2. The lowest BCUT2D eigenvalue weighted by molar-refractivity contribution is 0.0975. The smallest absolute Gasteiger partial charge is 0.251 e. The summed E-state index contributed by atoms with van der Waals surface area (Å²) in [6.45, 7) is 2.70. The third-order valence-corrected chi connectivity index (χ3v) is 3.13. The predicted molar refractivity (Wildman–Crippen MR) is 60.7 cm³/mol. The molecule has 4 nitrogen and oxygen atoms in total. The summed E-state index contributed by atoms with van der Waals surface area (Å²) >= 11 is 0. The molecule has 1 atom stereocenters. The van der Waals surface area contributed by atoms with Gasteiger partial charge < -0.3 is 10.3 Å². The van der Waals surface area contributed by atoms with E-state index in [4.69, 9.17) is 5.73 Å². The van der Waals surface area contributed by atoms with E-state index >= 15 is 0 Å². The van der Waals surface area contributed by atoms with Crippen LogP contribution in [0.15, 0.2) is 12.5 Å². The van der Waals surface area contributed by atoms with Gasteiger partial charge in [0, 0.05) is 25.8 Å². The molecule has 1 unspecified atom stereocenters. The summed E-state index contributed by atoms with van der Waals surface area (Å²) in [6, 6.07) is 0. The monoisotopic (exact) mass is 244 g/mol. The fourth-order valence-corrected chi connectivity index (χ4v) is 2.33. The van der Waals surface area contributed by atoms with Crippen molar-refractivity contribution in [2.75, 3.05) is 19.6 Å². The molecule has 1 aromatic rings. The first-order valence-electron chi connectivity index (χ1n) is 5.88. The molecule has 2 heterocycles. The number of halogens is 2. The van der Waals surface area contributed by atoms with E-state index in [1.807, 2.05) is 15.7 Å². The van der Waals surface area contributed by atoms with Crippen LogP contribution in [0.2, 0.25) is 0 Å². The first-order chi connectivity index (χ1) is 8.17. The SMILES string of the molecule is NCc1cn(CC2CCN(CC(F)F)C2)cn1. The number of nitrogens with two attached hydrogens (primary N) is 1. The van der Waals surface area contributed by atoms with Crippen LogP contribution in [0.25, 0.3) is 0 Å². The average Bonchev–Trinajstić information content (AvgIpc) is 2.88. The third-order valence-electron chi connectivity index (χ3n) is 3.13. The molecule has 1 fully saturated rings. The summed E-state index contributed by atoms with van der Waals surface area (Å²) < 4.78 is 26.4. The van der Waals surface area contributed by atoms with Crippen molar-refractivity contribution in [3.8, 4) is 0 Å². The van der Waals surface area contributed by atoms with Crippen LogP contribution in [0, 0.1) is 5.92 Å². The lowest BCUT2D eigenvalue weighted by Crippen LogP contribution is -2.27. The zero-order chi connectivity index (χ0) is 12.3. The van der Waals surface area contributed by atoms with E-state index in [1.54, 1.807) is 6.33 Å². The van der Waals surface area contributed by atoms with Crippen LogP contribution in [0.1, 0.15) is 12.1 Å². The van der Waals surface area contributed by atoms with E-state index in [-0.39, 0.29) is 6.54 Å². The van der Waals surface area contributed by atoms with Gasteiger partial charge in [-0.05, 0) is 18.9 Å². The number of imidazole rings is 1. The van der Waals surface area contributed by atoms with Gasteiger partial charge in [-0.3, -0.25) is 4.90 Å². The van der Waals surface area contributed by atoms with Crippen molar-refractivity contribution in [1.82, 2.24) is 14.5 Å². The van der Waals surface area contributed by atoms with Gasteiger partial charge in [0.25, 0.3) is 6.43 Å². The Bertz CT molecular complexity index is 353. The van der Waals surface area contributed by atoms with E-state index in [9.17, 15) is 8.78 Å². The van der Waals surface area contributed by atoms with Crippen LogP contribution in [-0.2, 0) is 13.1 Å². The standard InChI is InChI=1S/C11H18F2N4/c12-11(13)7-16-2-1-9(4-16)5-17-6-10(3-14)15-8-17/h6,8-9,11H,1-5,7,14H2. The molecular formula is C11H18F2N4. The van der Waals surface area contributed by atoms with Crippen molar-refractivity contribution >= 4 is 0 Å². The number of alkyl halides is 2. The van der Waals surface area contributed by atoms with Crippen molar-refractivity contribution in [1.29, 1.82) is 0 Å².